The standard InChI is InChI=1S/C11H22N2/c1-10(2)13(4)9-11-6-5-7-12(3)8-11/h11H,1,5-9H2,2-4H3. The lowest BCUT2D eigenvalue weighted by Crippen LogP contribution is -2.37. The lowest BCUT2D eigenvalue weighted by atomic mass is 9.98. The van der Waals surface area contributed by atoms with Crippen LogP contribution in [0.2, 0.25) is 0 Å². The number of likely N-dealkylation sites (tertiary alicyclic amines) is 1. The predicted octanol–water partition coefficient (Wildman–Crippen LogP) is 1.79. The molecule has 0 aliphatic carbocycles. The molecule has 1 fully saturated rings. The Morgan fingerprint density at radius 1 is 1.62 bits per heavy atom. The monoisotopic (exact) mass is 182 g/mol. The zero-order valence-corrected chi connectivity index (χ0v) is 9.21. The summed E-state index contributed by atoms with van der Waals surface area (Å²) in [7, 11) is 4.35. The van der Waals surface area contributed by atoms with Gasteiger partial charge in [-0.25, -0.2) is 0 Å². The maximum Gasteiger partial charge on any atom is 0.0212 e. The molecule has 1 saturated heterocycles. The van der Waals surface area contributed by atoms with Crippen molar-refractivity contribution in [1.82, 2.24) is 9.80 Å². The van der Waals surface area contributed by atoms with Crippen LogP contribution < -0.4 is 0 Å². The molecule has 0 N–H and O–H groups in total. The highest BCUT2D eigenvalue weighted by Gasteiger charge is 2.18. The summed E-state index contributed by atoms with van der Waals surface area (Å²) in [4.78, 5) is 4.70. The molecule has 0 bridgehead atoms. The highest BCUT2D eigenvalue weighted by atomic mass is 15.1. The van der Waals surface area contributed by atoms with Gasteiger partial charge in [0.25, 0.3) is 0 Å². The Bertz CT molecular complexity index is 177. The van der Waals surface area contributed by atoms with E-state index in [-0.39, 0.29) is 0 Å². The van der Waals surface area contributed by atoms with Gasteiger partial charge in [0.05, 0.1) is 0 Å². The summed E-state index contributed by atoms with van der Waals surface area (Å²) in [6, 6.07) is 0. The maximum absolute atomic E-state index is 3.95. The Morgan fingerprint density at radius 2 is 2.31 bits per heavy atom. The highest BCUT2D eigenvalue weighted by molar-refractivity contribution is 4.88. The Hall–Kier alpha value is -0.500. The molecule has 1 unspecified atom stereocenters. The molecule has 1 rings (SSSR count). The summed E-state index contributed by atoms with van der Waals surface area (Å²) in [5.74, 6) is 0.834. The van der Waals surface area contributed by atoms with Crippen molar-refractivity contribution >= 4 is 0 Å². The van der Waals surface area contributed by atoms with Crippen molar-refractivity contribution in [3.05, 3.63) is 12.3 Å². The lowest BCUT2D eigenvalue weighted by molar-refractivity contribution is 0.180. The highest BCUT2D eigenvalue weighted by Crippen LogP contribution is 2.16. The quantitative estimate of drug-likeness (QED) is 0.656. The third-order valence-electron chi connectivity index (χ3n) is 2.91. The van der Waals surface area contributed by atoms with Gasteiger partial charge in [0.15, 0.2) is 0 Å². The third-order valence-corrected chi connectivity index (χ3v) is 2.91. The first-order valence-corrected chi connectivity index (χ1v) is 5.15. The smallest absolute Gasteiger partial charge is 0.0212 e. The number of piperidine rings is 1. The van der Waals surface area contributed by atoms with Gasteiger partial charge in [-0.1, -0.05) is 6.58 Å². The second-order valence-corrected chi connectivity index (χ2v) is 4.39. The van der Waals surface area contributed by atoms with E-state index >= 15 is 0 Å². The third kappa shape index (κ3) is 3.39. The van der Waals surface area contributed by atoms with E-state index in [1.807, 2.05) is 0 Å². The van der Waals surface area contributed by atoms with E-state index in [1.165, 1.54) is 38.2 Å². The summed E-state index contributed by atoms with van der Waals surface area (Å²) in [6.45, 7) is 9.71. The summed E-state index contributed by atoms with van der Waals surface area (Å²) in [5.41, 5.74) is 1.17. The fraction of sp³-hybridized carbons (Fsp3) is 0.818. The molecule has 76 valence electrons. The van der Waals surface area contributed by atoms with E-state index in [2.05, 4.69) is 37.4 Å². The molecule has 1 aliphatic heterocycles. The Morgan fingerprint density at radius 3 is 2.85 bits per heavy atom. The van der Waals surface area contributed by atoms with E-state index in [4.69, 9.17) is 0 Å². The van der Waals surface area contributed by atoms with Crippen molar-refractivity contribution in [2.45, 2.75) is 19.8 Å². The van der Waals surface area contributed by atoms with Crippen molar-refractivity contribution in [3.63, 3.8) is 0 Å². The van der Waals surface area contributed by atoms with Crippen LogP contribution in [0.25, 0.3) is 0 Å². The van der Waals surface area contributed by atoms with Crippen LogP contribution in [0.3, 0.4) is 0 Å². The van der Waals surface area contributed by atoms with Gasteiger partial charge in [-0.2, -0.15) is 0 Å². The fourth-order valence-electron chi connectivity index (χ4n) is 1.97. The minimum Gasteiger partial charge on any atom is -0.378 e. The normalized spacial score (nSPS) is 24.4. The van der Waals surface area contributed by atoms with Gasteiger partial charge in [-0.3, -0.25) is 0 Å². The van der Waals surface area contributed by atoms with Gasteiger partial charge in [-0.05, 0) is 39.3 Å². The van der Waals surface area contributed by atoms with E-state index < -0.39 is 0 Å². The van der Waals surface area contributed by atoms with Crippen LogP contribution in [0.4, 0.5) is 0 Å². The van der Waals surface area contributed by atoms with Crippen LogP contribution in [0.1, 0.15) is 19.8 Å². The van der Waals surface area contributed by atoms with Gasteiger partial charge in [0, 0.05) is 25.8 Å². The van der Waals surface area contributed by atoms with Crippen LogP contribution >= 0.6 is 0 Å². The first-order chi connectivity index (χ1) is 6.09. The molecule has 13 heavy (non-hydrogen) atoms. The van der Waals surface area contributed by atoms with Crippen LogP contribution in [0.5, 0.6) is 0 Å². The number of nitrogens with zero attached hydrogens (tertiary/aromatic N) is 2. The lowest BCUT2D eigenvalue weighted by Gasteiger charge is -2.33. The molecule has 0 amide bonds. The topological polar surface area (TPSA) is 6.48 Å². The van der Waals surface area contributed by atoms with Gasteiger partial charge < -0.3 is 9.80 Å². The van der Waals surface area contributed by atoms with Gasteiger partial charge in [-0.15, -0.1) is 0 Å². The molecule has 1 aliphatic rings. The average Bonchev–Trinajstić information content (AvgIpc) is 2.04. The van der Waals surface area contributed by atoms with Crippen molar-refractivity contribution < 1.29 is 0 Å². The molecule has 0 saturated carbocycles. The maximum atomic E-state index is 3.95. The molecule has 1 heterocycles. The van der Waals surface area contributed by atoms with Crippen LogP contribution in [0.15, 0.2) is 12.3 Å². The Labute approximate surface area is 82.2 Å². The molecule has 0 aromatic rings. The minimum absolute atomic E-state index is 0.834. The fourth-order valence-corrected chi connectivity index (χ4v) is 1.97. The number of rotatable bonds is 3. The van der Waals surface area contributed by atoms with Crippen LogP contribution in [-0.2, 0) is 0 Å². The molecule has 0 radical (unpaired) electrons. The van der Waals surface area contributed by atoms with Crippen LogP contribution in [0, 0.1) is 5.92 Å². The molecule has 2 heteroatoms. The van der Waals surface area contributed by atoms with E-state index in [1.54, 1.807) is 0 Å². The summed E-state index contributed by atoms with van der Waals surface area (Å²) in [6.07, 6.45) is 2.73. The number of allylic oxidation sites excluding steroid dienone is 1. The molecule has 1 atom stereocenters. The Balaban J connectivity index is 2.31. The van der Waals surface area contributed by atoms with E-state index in [0.29, 0.717) is 0 Å². The first kappa shape index (κ1) is 10.6. The molecule has 0 aromatic carbocycles. The van der Waals surface area contributed by atoms with Gasteiger partial charge in [0.2, 0.25) is 0 Å². The number of hydrogen-bond donors (Lipinski definition) is 0. The van der Waals surface area contributed by atoms with E-state index in [0.717, 1.165) is 5.92 Å². The molecule has 0 aromatic heterocycles. The first-order valence-electron chi connectivity index (χ1n) is 5.15. The SMILES string of the molecule is C=C(C)N(C)CC1CCCN(C)C1. The van der Waals surface area contributed by atoms with Crippen LogP contribution in [-0.4, -0.2) is 43.5 Å². The molecule has 2 nitrogen and oxygen atoms in total. The van der Waals surface area contributed by atoms with E-state index in [9.17, 15) is 0 Å². The molecular weight excluding hydrogens is 160 g/mol. The minimum atomic E-state index is 0.834. The van der Waals surface area contributed by atoms with Gasteiger partial charge in [0.1, 0.15) is 0 Å². The molecular formula is C11H22N2. The average molecular weight is 182 g/mol. The largest absolute Gasteiger partial charge is 0.378 e. The Kier molecular flexibility index (Phi) is 3.79. The molecule has 0 spiro atoms. The van der Waals surface area contributed by atoms with Gasteiger partial charge >= 0.3 is 0 Å². The second kappa shape index (κ2) is 4.66. The summed E-state index contributed by atoms with van der Waals surface area (Å²) in [5, 5.41) is 0. The zero-order chi connectivity index (χ0) is 9.84. The second-order valence-electron chi connectivity index (χ2n) is 4.39. The van der Waals surface area contributed by atoms with Crippen molar-refractivity contribution in [2.75, 3.05) is 33.7 Å². The summed E-state index contributed by atoms with van der Waals surface area (Å²) >= 11 is 0. The predicted molar refractivity (Wildman–Crippen MR) is 57.7 cm³/mol. The van der Waals surface area contributed by atoms with Crippen molar-refractivity contribution in [2.24, 2.45) is 5.92 Å². The van der Waals surface area contributed by atoms with Crippen molar-refractivity contribution in [3.8, 4) is 0 Å². The summed E-state index contributed by atoms with van der Waals surface area (Å²) < 4.78 is 0. The number of hydrogen-bond acceptors (Lipinski definition) is 2. The zero-order valence-electron chi connectivity index (χ0n) is 9.21. The van der Waals surface area contributed by atoms with Crippen molar-refractivity contribution in [1.29, 1.82) is 0 Å².